The molecule has 1 heterocycles. The highest BCUT2D eigenvalue weighted by Crippen LogP contribution is 2.25. The first-order valence-electron chi connectivity index (χ1n) is 7.68. The number of hydrogen-bond acceptors (Lipinski definition) is 5. The summed E-state index contributed by atoms with van der Waals surface area (Å²) in [6.45, 7) is 8.40. The third-order valence-corrected chi connectivity index (χ3v) is 4.05. The molecule has 0 radical (unpaired) electrons. The third kappa shape index (κ3) is 4.23. The van der Waals surface area contributed by atoms with Gasteiger partial charge in [0.05, 0.1) is 4.92 Å². The minimum atomic E-state index is -0.889. The first-order chi connectivity index (χ1) is 11.4. The Morgan fingerprint density at radius 3 is 2.88 bits per heavy atom. The predicted molar refractivity (Wildman–Crippen MR) is 89.3 cm³/mol. The van der Waals surface area contributed by atoms with Crippen LogP contribution in [0.5, 0.6) is 5.75 Å². The van der Waals surface area contributed by atoms with Gasteiger partial charge in [-0.3, -0.25) is 15.0 Å². The van der Waals surface area contributed by atoms with Crippen molar-refractivity contribution < 1.29 is 19.6 Å². The van der Waals surface area contributed by atoms with Crippen LogP contribution in [0.25, 0.3) is 6.08 Å². The molecule has 130 valence electrons. The van der Waals surface area contributed by atoms with Crippen molar-refractivity contribution in [3.63, 3.8) is 0 Å². The molecular weight excluding hydrogens is 314 g/mol. The minimum Gasteiger partial charge on any atom is -0.492 e. The first-order valence-corrected chi connectivity index (χ1v) is 7.68. The van der Waals surface area contributed by atoms with Gasteiger partial charge in [-0.25, -0.2) is 4.79 Å². The van der Waals surface area contributed by atoms with Crippen LogP contribution in [-0.4, -0.2) is 64.8 Å². The predicted octanol–water partition coefficient (Wildman–Crippen LogP) is 2.30. The molecule has 0 aromatic heterocycles. The summed E-state index contributed by atoms with van der Waals surface area (Å²) >= 11 is 0. The van der Waals surface area contributed by atoms with Gasteiger partial charge in [0.25, 0.3) is 5.69 Å². The molecule has 1 aliphatic rings. The molecule has 1 saturated heterocycles. The van der Waals surface area contributed by atoms with Crippen LogP contribution in [0.2, 0.25) is 0 Å². The van der Waals surface area contributed by atoms with Crippen LogP contribution in [0.3, 0.4) is 0 Å². The molecule has 0 spiro atoms. The lowest BCUT2D eigenvalue weighted by molar-refractivity contribution is -0.384. The molecule has 1 unspecified atom stereocenters. The van der Waals surface area contributed by atoms with Crippen molar-refractivity contribution in [3.05, 3.63) is 40.5 Å². The lowest BCUT2D eigenvalue weighted by Gasteiger charge is -2.38. The smallest absolute Gasteiger partial charge is 0.407 e. The number of hydrogen-bond donors (Lipinski definition) is 1. The summed E-state index contributed by atoms with van der Waals surface area (Å²) in [6.07, 6.45) is 0.635. The van der Waals surface area contributed by atoms with E-state index in [-0.39, 0.29) is 11.7 Å². The summed E-state index contributed by atoms with van der Waals surface area (Å²) in [5.74, 6) is 0.549. The Bertz CT molecular complexity index is 634. The normalized spacial score (nSPS) is 18.2. The lowest BCUT2D eigenvalue weighted by Crippen LogP contribution is -2.54. The van der Waals surface area contributed by atoms with Gasteiger partial charge in [0.2, 0.25) is 0 Å². The zero-order valence-electron chi connectivity index (χ0n) is 13.6. The van der Waals surface area contributed by atoms with E-state index >= 15 is 0 Å². The van der Waals surface area contributed by atoms with Crippen molar-refractivity contribution in [2.24, 2.45) is 0 Å². The summed E-state index contributed by atoms with van der Waals surface area (Å²) < 4.78 is 5.71. The molecule has 8 nitrogen and oxygen atoms in total. The monoisotopic (exact) mass is 335 g/mol. The van der Waals surface area contributed by atoms with Crippen LogP contribution in [0, 0.1) is 10.1 Å². The van der Waals surface area contributed by atoms with Crippen molar-refractivity contribution in [3.8, 4) is 5.75 Å². The number of ether oxygens (including phenoxy) is 1. The van der Waals surface area contributed by atoms with Gasteiger partial charge in [-0.05, 0) is 13.0 Å². The van der Waals surface area contributed by atoms with Crippen LogP contribution in [-0.2, 0) is 0 Å². The van der Waals surface area contributed by atoms with Crippen molar-refractivity contribution in [2.75, 3.05) is 32.8 Å². The maximum Gasteiger partial charge on any atom is 0.407 e. The molecule has 1 fully saturated rings. The number of nitrogens with zero attached hydrogens (tertiary/aromatic N) is 3. The van der Waals surface area contributed by atoms with E-state index in [0.717, 1.165) is 0 Å². The van der Waals surface area contributed by atoms with E-state index in [9.17, 15) is 14.9 Å². The van der Waals surface area contributed by atoms with Gasteiger partial charge < -0.3 is 14.7 Å². The zero-order chi connectivity index (χ0) is 17.7. The van der Waals surface area contributed by atoms with E-state index in [1.165, 1.54) is 23.1 Å². The average Bonchev–Trinajstić information content (AvgIpc) is 2.54. The van der Waals surface area contributed by atoms with E-state index in [1.54, 1.807) is 6.07 Å². The van der Waals surface area contributed by atoms with Gasteiger partial charge in [-0.15, -0.1) is 0 Å². The van der Waals surface area contributed by atoms with E-state index in [0.29, 0.717) is 44.1 Å². The Hall–Kier alpha value is -2.61. The van der Waals surface area contributed by atoms with E-state index in [2.05, 4.69) is 11.5 Å². The van der Waals surface area contributed by atoms with Crippen LogP contribution in [0.15, 0.2) is 24.8 Å². The maximum atomic E-state index is 11.0. The largest absolute Gasteiger partial charge is 0.492 e. The summed E-state index contributed by atoms with van der Waals surface area (Å²) in [6, 6.07) is 4.34. The second-order valence-electron chi connectivity index (χ2n) is 5.66. The van der Waals surface area contributed by atoms with Gasteiger partial charge in [0.1, 0.15) is 12.4 Å². The van der Waals surface area contributed by atoms with Gasteiger partial charge >= 0.3 is 6.09 Å². The van der Waals surface area contributed by atoms with Crippen LogP contribution in [0.1, 0.15) is 12.5 Å². The van der Waals surface area contributed by atoms with Crippen molar-refractivity contribution in [1.82, 2.24) is 9.80 Å². The van der Waals surface area contributed by atoms with E-state index < -0.39 is 11.0 Å². The molecule has 1 atom stereocenters. The molecular formula is C16H21N3O5. The quantitative estimate of drug-likeness (QED) is 0.633. The van der Waals surface area contributed by atoms with E-state index in [1.807, 2.05) is 6.92 Å². The topological polar surface area (TPSA) is 96.2 Å². The second-order valence-corrected chi connectivity index (χ2v) is 5.66. The number of nitro groups is 1. The Kier molecular flexibility index (Phi) is 5.75. The molecule has 24 heavy (non-hydrogen) atoms. The Morgan fingerprint density at radius 1 is 1.54 bits per heavy atom. The fourth-order valence-corrected chi connectivity index (χ4v) is 2.75. The van der Waals surface area contributed by atoms with Crippen molar-refractivity contribution in [2.45, 2.75) is 13.0 Å². The van der Waals surface area contributed by atoms with Gasteiger partial charge in [-0.2, -0.15) is 0 Å². The summed E-state index contributed by atoms with van der Waals surface area (Å²) in [5, 5.41) is 19.8. The molecule has 8 heteroatoms. The second kappa shape index (κ2) is 7.78. The molecule has 1 amide bonds. The number of rotatable bonds is 6. The zero-order valence-corrected chi connectivity index (χ0v) is 13.6. The number of benzene rings is 1. The standard InChI is InChI=1S/C16H21N3O5/c1-3-13-10-14(19(22)23)4-5-15(13)24-9-8-17-6-7-18(16(20)21)12(2)11-17/h3-5,10,12H,1,6-9,11H2,2H3,(H,20,21). The number of piperazine rings is 1. The number of non-ortho nitro benzene ring substituents is 1. The molecule has 0 bridgehead atoms. The van der Waals surface area contributed by atoms with Crippen LogP contribution >= 0.6 is 0 Å². The fraction of sp³-hybridized carbons (Fsp3) is 0.438. The minimum absolute atomic E-state index is 0.00383. The molecule has 1 N–H and O–H groups in total. The number of carboxylic acid groups (broad SMARTS) is 1. The lowest BCUT2D eigenvalue weighted by atomic mass is 10.2. The molecule has 0 saturated carbocycles. The molecule has 2 rings (SSSR count). The molecule has 1 aromatic carbocycles. The Balaban J connectivity index is 1.87. The Morgan fingerprint density at radius 2 is 2.29 bits per heavy atom. The highest BCUT2D eigenvalue weighted by atomic mass is 16.6. The third-order valence-electron chi connectivity index (χ3n) is 4.05. The summed E-state index contributed by atoms with van der Waals surface area (Å²) in [7, 11) is 0. The highest BCUT2D eigenvalue weighted by molar-refractivity contribution is 5.65. The van der Waals surface area contributed by atoms with E-state index in [4.69, 9.17) is 9.84 Å². The highest BCUT2D eigenvalue weighted by Gasteiger charge is 2.26. The Labute approximate surface area is 140 Å². The SMILES string of the molecule is C=Cc1cc([N+](=O)[O-])ccc1OCCN1CCN(C(=O)O)C(C)C1. The first kappa shape index (κ1) is 17.7. The van der Waals surface area contributed by atoms with Gasteiger partial charge in [0, 0.05) is 49.9 Å². The van der Waals surface area contributed by atoms with Gasteiger partial charge in [-0.1, -0.05) is 12.7 Å². The van der Waals surface area contributed by atoms with Crippen molar-refractivity contribution >= 4 is 17.9 Å². The fourth-order valence-electron chi connectivity index (χ4n) is 2.75. The number of amides is 1. The van der Waals surface area contributed by atoms with Crippen molar-refractivity contribution in [1.29, 1.82) is 0 Å². The summed E-state index contributed by atoms with van der Waals surface area (Å²) in [5.41, 5.74) is 0.573. The molecule has 1 aromatic rings. The van der Waals surface area contributed by atoms with Gasteiger partial charge in [0.15, 0.2) is 0 Å². The van der Waals surface area contributed by atoms with Crippen LogP contribution in [0.4, 0.5) is 10.5 Å². The van der Waals surface area contributed by atoms with Crippen LogP contribution < -0.4 is 4.74 Å². The number of carbonyl (C=O) groups is 1. The molecule has 0 aliphatic carbocycles. The number of nitro benzene ring substituents is 1. The maximum absolute atomic E-state index is 11.0. The summed E-state index contributed by atoms with van der Waals surface area (Å²) in [4.78, 5) is 24.9. The molecule has 1 aliphatic heterocycles. The average molecular weight is 335 g/mol.